The number of unbranched alkanes of at least 4 members (excludes halogenated alkanes) is 18. The molecule has 0 radical (unpaired) electrons. The van der Waals surface area contributed by atoms with E-state index in [-0.39, 0.29) is 106 Å². The first kappa shape index (κ1) is 57.4. The van der Waals surface area contributed by atoms with Gasteiger partial charge in [-0.25, -0.2) is 19.6 Å². The maximum absolute atomic E-state index is 11.3. The zero-order valence-electron chi connectivity index (χ0n) is 31.9. The average molecular weight is 769 g/mol. The van der Waals surface area contributed by atoms with Crippen molar-refractivity contribution >= 4 is 15.6 Å². The van der Waals surface area contributed by atoms with Gasteiger partial charge in [0.15, 0.2) is 0 Å². The molecule has 0 aliphatic heterocycles. The monoisotopic (exact) mass is 768 g/mol. The molecule has 0 saturated carbocycles. The van der Waals surface area contributed by atoms with E-state index in [1.165, 1.54) is 89.9 Å². The summed E-state index contributed by atoms with van der Waals surface area (Å²) in [7, 11) is -9.07. The second-order valence-electron chi connectivity index (χ2n) is 11.8. The Hall–Kier alpha value is 2.70. The molecule has 280 valence electrons. The van der Waals surface area contributed by atoms with Gasteiger partial charge in [0.05, 0.1) is 25.4 Å². The molecule has 0 saturated heterocycles. The van der Waals surface area contributed by atoms with Gasteiger partial charge in [-0.1, -0.05) is 143 Å². The van der Waals surface area contributed by atoms with Crippen molar-refractivity contribution < 1.29 is 138 Å². The van der Waals surface area contributed by atoms with Gasteiger partial charge < -0.3 is 9.79 Å². The van der Waals surface area contributed by atoms with E-state index in [0.717, 1.165) is 38.5 Å². The number of hydrogen-bond donors (Lipinski definition) is 0. The molecule has 12 nitrogen and oxygen atoms in total. The van der Waals surface area contributed by atoms with Crippen LogP contribution in [0.15, 0.2) is 0 Å². The van der Waals surface area contributed by atoms with Gasteiger partial charge in [-0.2, -0.15) is 18.7 Å². The Balaban J connectivity index is -0.000000387. The summed E-state index contributed by atoms with van der Waals surface area (Å²) < 4.78 is 39.5. The molecule has 0 aromatic carbocycles. The molecule has 0 heterocycles. The third kappa shape index (κ3) is 46.7. The van der Waals surface area contributed by atoms with Crippen LogP contribution in [0, 0.1) is 0 Å². The summed E-state index contributed by atoms with van der Waals surface area (Å²) in [6.07, 6.45) is 24.7. The predicted octanol–water partition coefficient (Wildman–Crippen LogP) is 4.15. The van der Waals surface area contributed by atoms with Crippen LogP contribution < -0.4 is 90.7 Å². The van der Waals surface area contributed by atoms with Crippen LogP contribution in [0.5, 0.6) is 0 Å². The summed E-state index contributed by atoms with van der Waals surface area (Å²) in [4.78, 5) is 41.1. The molecule has 0 aliphatic carbocycles. The first-order valence-corrected chi connectivity index (χ1v) is 20.9. The van der Waals surface area contributed by atoms with Crippen molar-refractivity contribution in [1.82, 2.24) is 0 Å². The molecule has 0 aromatic rings. The van der Waals surface area contributed by atoms with E-state index in [2.05, 4.69) is 52.1 Å². The van der Waals surface area contributed by atoms with Crippen LogP contribution in [0.25, 0.3) is 0 Å². The quantitative estimate of drug-likeness (QED) is 0.0304. The summed E-state index contributed by atoms with van der Waals surface area (Å²) in [6, 6.07) is 0. The maximum Gasteiger partial charge on any atom is 1.00 e. The van der Waals surface area contributed by atoms with E-state index in [0.29, 0.717) is 12.8 Å². The number of rotatable bonds is 34. The van der Waals surface area contributed by atoms with Crippen molar-refractivity contribution in [3.05, 3.63) is 0 Å². The molecule has 4 atom stereocenters. The normalized spacial score (nSPS) is 14.8. The first-order chi connectivity index (χ1) is 22.0. The summed E-state index contributed by atoms with van der Waals surface area (Å²) in [5.41, 5.74) is 0. The minimum atomic E-state index is -4.53. The predicted molar refractivity (Wildman–Crippen MR) is 177 cm³/mol. The van der Waals surface area contributed by atoms with E-state index in [9.17, 15) is 18.9 Å². The van der Waals surface area contributed by atoms with Crippen LogP contribution in [0.1, 0.15) is 183 Å². The Kier molecular flexibility index (Phi) is 50.8. The van der Waals surface area contributed by atoms with Crippen molar-refractivity contribution in [1.29, 1.82) is 0 Å². The zero-order chi connectivity index (χ0) is 34.8. The van der Waals surface area contributed by atoms with Crippen molar-refractivity contribution in [2.45, 2.75) is 195 Å². The fourth-order valence-corrected chi connectivity index (χ4v) is 4.88. The van der Waals surface area contributed by atoms with Gasteiger partial charge in [0.25, 0.3) is 0 Å². The Morgan fingerprint density at radius 1 is 0.458 bits per heavy atom. The molecule has 0 fully saturated rings. The average Bonchev–Trinajstić information content (AvgIpc) is 3.03. The maximum atomic E-state index is 11.3. The standard InChI is InChI=1S/2C16H35O6P.K.Na/c2*1-4-6-7-8-9-10-11-12-13-14-15-19-21-23(17,18)22-20-16(3)5-2;;/h2*16H,4-15H2,1-3H3,(H,17,18);;/q;;2*+1/p-2. The minimum absolute atomic E-state index is 0. The first-order valence-electron chi connectivity index (χ1n) is 18.0. The molecule has 16 heteroatoms. The Morgan fingerprint density at radius 3 is 0.958 bits per heavy atom. The number of hydrogen-bond acceptors (Lipinski definition) is 12. The summed E-state index contributed by atoms with van der Waals surface area (Å²) in [5.74, 6) is 0. The van der Waals surface area contributed by atoms with Gasteiger partial charge in [0.1, 0.15) is 0 Å². The Labute approximate surface area is 358 Å². The van der Waals surface area contributed by atoms with Crippen LogP contribution in [0.3, 0.4) is 0 Å². The fourth-order valence-electron chi connectivity index (χ4n) is 3.91. The van der Waals surface area contributed by atoms with E-state index in [1.807, 2.05) is 13.8 Å². The van der Waals surface area contributed by atoms with E-state index in [4.69, 9.17) is 0 Å². The molecule has 4 unspecified atom stereocenters. The van der Waals surface area contributed by atoms with Crippen molar-refractivity contribution in [3.8, 4) is 0 Å². The van der Waals surface area contributed by atoms with Gasteiger partial charge in [0.2, 0.25) is 0 Å². The van der Waals surface area contributed by atoms with E-state index < -0.39 is 15.6 Å². The summed E-state index contributed by atoms with van der Waals surface area (Å²) in [6.45, 7) is 12.0. The van der Waals surface area contributed by atoms with Crippen molar-refractivity contribution in [2.75, 3.05) is 13.2 Å². The van der Waals surface area contributed by atoms with E-state index >= 15 is 0 Å². The summed E-state index contributed by atoms with van der Waals surface area (Å²) >= 11 is 0. The topological polar surface area (TPSA) is 154 Å². The largest absolute Gasteiger partial charge is 1.00 e. The minimum Gasteiger partial charge on any atom is -0.753 e. The number of phosphoric acid groups is 2. The zero-order valence-corrected chi connectivity index (χ0v) is 38.8. The second-order valence-corrected chi connectivity index (χ2v) is 14.2. The van der Waals surface area contributed by atoms with Crippen molar-refractivity contribution in [3.63, 3.8) is 0 Å². The Bertz CT molecular complexity index is 673. The van der Waals surface area contributed by atoms with Crippen LogP contribution in [-0.4, -0.2) is 25.4 Å². The van der Waals surface area contributed by atoms with Crippen LogP contribution in [-0.2, 0) is 47.4 Å². The molecular weight excluding hydrogens is 700 g/mol. The van der Waals surface area contributed by atoms with Gasteiger partial charge in [0, 0.05) is 0 Å². The molecule has 0 spiro atoms. The molecule has 0 aromatic heterocycles. The second kappa shape index (κ2) is 42.4. The summed E-state index contributed by atoms with van der Waals surface area (Å²) in [5, 5.41) is 0. The van der Waals surface area contributed by atoms with Gasteiger partial charge in [-0.05, 0) is 39.5 Å². The third-order valence-electron chi connectivity index (χ3n) is 7.20. The van der Waals surface area contributed by atoms with Crippen LogP contribution in [0.2, 0.25) is 0 Å². The molecule has 0 rings (SSSR count). The molecule has 0 aliphatic rings. The Morgan fingerprint density at radius 2 is 0.708 bits per heavy atom. The molecule has 0 N–H and O–H groups in total. The van der Waals surface area contributed by atoms with Gasteiger partial charge in [-0.3, -0.25) is 9.13 Å². The third-order valence-corrected chi connectivity index (χ3v) is 8.31. The molecule has 0 amide bonds. The fraction of sp³-hybridized carbons (Fsp3) is 1.00. The smallest absolute Gasteiger partial charge is 0.753 e. The van der Waals surface area contributed by atoms with Gasteiger partial charge >= 0.3 is 96.6 Å². The van der Waals surface area contributed by atoms with Crippen molar-refractivity contribution in [2.24, 2.45) is 0 Å². The molecule has 0 bridgehead atoms. The van der Waals surface area contributed by atoms with Crippen LogP contribution >= 0.6 is 15.6 Å². The SMILES string of the molecule is CCCCCCCCCCCCOOP(=O)([O-])OOC(C)CC.CCCCCCCCCCCCOOP(=O)([O-])OOC(C)CC.[K+].[Na+]. The van der Waals surface area contributed by atoms with Crippen LogP contribution in [0.4, 0.5) is 0 Å². The van der Waals surface area contributed by atoms with E-state index in [1.54, 1.807) is 13.8 Å². The molecular formula is C32H68KNaO12P2. The van der Waals surface area contributed by atoms with Gasteiger partial charge in [-0.15, -0.1) is 0 Å². The molecule has 48 heavy (non-hydrogen) atoms.